The topological polar surface area (TPSA) is 130 Å². The van der Waals surface area contributed by atoms with Crippen molar-refractivity contribution >= 4 is 29.5 Å². The molecule has 2 aromatic rings. The molecular weight excluding hydrogens is 773 g/mol. The highest BCUT2D eigenvalue weighted by Gasteiger charge is 2.86. The van der Waals surface area contributed by atoms with E-state index in [1.165, 1.54) is 19.0 Å². The fourth-order valence-electron chi connectivity index (χ4n) is 11.5. The van der Waals surface area contributed by atoms with Crippen LogP contribution in [0.1, 0.15) is 104 Å². The van der Waals surface area contributed by atoms with Crippen LogP contribution in [-0.4, -0.2) is 118 Å². The summed E-state index contributed by atoms with van der Waals surface area (Å²) >= 11 is 0. The van der Waals surface area contributed by atoms with Gasteiger partial charge in [-0.2, -0.15) is 10.1 Å². The van der Waals surface area contributed by atoms with E-state index in [1.807, 2.05) is 4.68 Å². The van der Waals surface area contributed by atoms with Crippen molar-refractivity contribution in [3.05, 3.63) is 64.0 Å². The molecule has 326 valence electrons. The fourth-order valence-corrected chi connectivity index (χ4v) is 11.5. The number of likely N-dealkylation sites (N-methyl/N-ethyl adjacent to an activating group) is 1. The van der Waals surface area contributed by atoms with Crippen LogP contribution in [0.4, 0.5) is 5.95 Å². The molecule has 5 aliphatic heterocycles. The summed E-state index contributed by atoms with van der Waals surface area (Å²) in [4.78, 5) is 43.2. The Balaban J connectivity index is 1.30. The second-order valence-electron chi connectivity index (χ2n) is 19.5. The minimum Gasteiger partial charge on any atom is -0.491 e. The van der Waals surface area contributed by atoms with Gasteiger partial charge in [0.05, 0.1) is 41.5 Å². The number of rotatable bonds is 12. The Morgan fingerprint density at radius 3 is 2.48 bits per heavy atom. The number of ketones is 1. The third kappa shape index (κ3) is 6.46. The second-order valence-corrected chi connectivity index (χ2v) is 19.5. The van der Waals surface area contributed by atoms with Gasteiger partial charge in [0, 0.05) is 62.1 Å². The van der Waals surface area contributed by atoms with E-state index in [2.05, 4.69) is 94.6 Å². The molecule has 6 heterocycles. The molecule has 0 amide bonds. The van der Waals surface area contributed by atoms with Crippen LogP contribution < -0.4 is 14.2 Å². The van der Waals surface area contributed by atoms with Gasteiger partial charge in [0.15, 0.2) is 17.0 Å². The average molecular weight is 835 g/mol. The zero-order chi connectivity index (χ0) is 43.2. The van der Waals surface area contributed by atoms with E-state index in [-0.39, 0.29) is 18.1 Å². The van der Waals surface area contributed by atoms with Crippen molar-refractivity contribution in [3.63, 3.8) is 0 Å². The van der Waals surface area contributed by atoms with Gasteiger partial charge >= 0.3 is 5.97 Å². The van der Waals surface area contributed by atoms with E-state index in [1.54, 1.807) is 13.0 Å². The smallest absolute Gasteiger partial charge is 0.333 e. The van der Waals surface area contributed by atoms with E-state index in [0.717, 1.165) is 79.3 Å². The summed E-state index contributed by atoms with van der Waals surface area (Å²) in [6.45, 7) is 21.6. The SMILES string of the molecule is COC(=O)C(C)=CCC12OC(C)(C)C3CC(C1=O)C1C4C(=Nc5ncnn51)c1c(OCCN5CCN(C)CC5)c5c(c(CC=C(C)C)c1OC432)OC(C)(CCC=C(C)C)C=C5. The molecule has 2 saturated heterocycles. The van der Waals surface area contributed by atoms with Crippen LogP contribution in [0.15, 0.2) is 52.3 Å². The molecule has 3 saturated carbocycles. The third-order valence-electron chi connectivity index (χ3n) is 14.5. The molecule has 7 atom stereocenters. The van der Waals surface area contributed by atoms with Gasteiger partial charge in [-0.1, -0.05) is 29.4 Å². The maximum Gasteiger partial charge on any atom is 0.333 e. The number of ether oxygens (including phenoxy) is 5. The molecule has 13 heteroatoms. The first-order valence-corrected chi connectivity index (χ1v) is 22.1. The molecule has 1 aromatic heterocycles. The van der Waals surface area contributed by atoms with Crippen LogP contribution in [0.2, 0.25) is 0 Å². The number of carbonyl (C=O) groups is 2. The number of esters is 1. The van der Waals surface area contributed by atoms with Gasteiger partial charge in [-0.25, -0.2) is 14.5 Å². The van der Waals surface area contributed by atoms with Crippen molar-refractivity contribution in [3.8, 4) is 17.2 Å². The van der Waals surface area contributed by atoms with Crippen molar-refractivity contribution in [2.45, 2.75) is 116 Å². The molecule has 5 fully saturated rings. The number of hydrogen-bond acceptors (Lipinski definition) is 12. The molecular formula is C48H62N6O7. The lowest BCUT2D eigenvalue weighted by Crippen LogP contribution is -2.79. The third-order valence-corrected chi connectivity index (χ3v) is 14.5. The number of aliphatic imine (C=N–C) groups is 1. The van der Waals surface area contributed by atoms with Gasteiger partial charge in [-0.3, -0.25) is 9.69 Å². The van der Waals surface area contributed by atoms with Crippen molar-refractivity contribution in [1.29, 1.82) is 0 Å². The van der Waals surface area contributed by atoms with Gasteiger partial charge in [-0.15, -0.1) is 0 Å². The highest BCUT2D eigenvalue weighted by Crippen LogP contribution is 2.73. The number of benzene rings is 1. The summed E-state index contributed by atoms with van der Waals surface area (Å²) in [6, 6.07) is -0.418. The molecule has 7 unspecified atom stereocenters. The number of Topliss-reactive ketones (excluding diaryl/α,β-unsaturated/α-hetero) is 1. The molecule has 0 radical (unpaired) electrons. The van der Waals surface area contributed by atoms with Gasteiger partial charge in [0.1, 0.15) is 35.8 Å². The summed E-state index contributed by atoms with van der Waals surface area (Å²) in [5.41, 5.74) is 2.04. The largest absolute Gasteiger partial charge is 0.491 e. The zero-order valence-corrected chi connectivity index (χ0v) is 37.6. The summed E-state index contributed by atoms with van der Waals surface area (Å²) in [7, 11) is 3.53. The maximum atomic E-state index is 15.5. The highest BCUT2D eigenvalue weighted by molar-refractivity contribution is 6.14. The summed E-state index contributed by atoms with van der Waals surface area (Å²) < 4.78 is 36.5. The van der Waals surface area contributed by atoms with E-state index in [0.29, 0.717) is 42.5 Å². The predicted molar refractivity (Wildman–Crippen MR) is 233 cm³/mol. The number of hydrogen-bond donors (Lipinski definition) is 0. The van der Waals surface area contributed by atoms with E-state index >= 15 is 4.79 Å². The number of piperazine rings is 1. The van der Waals surface area contributed by atoms with Crippen molar-refractivity contribution in [2.24, 2.45) is 22.7 Å². The molecule has 13 nitrogen and oxygen atoms in total. The Morgan fingerprint density at radius 1 is 1.00 bits per heavy atom. The van der Waals surface area contributed by atoms with Gasteiger partial charge in [0.2, 0.25) is 5.95 Å². The normalized spacial score (nSPS) is 31.5. The summed E-state index contributed by atoms with van der Waals surface area (Å²) in [5, 5.41) is 4.72. The van der Waals surface area contributed by atoms with Crippen LogP contribution >= 0.6 is 0 Å². The Kier molecular flexibility index (Phi) is 10.3. The zero-order valence-electron chi connectivity index (χ0n) is 37.6. The predicted octanol–water partition coefficient (Wildman–Crippen LogP) is 7.02. The van der Waals surface area contributed by atoms with Gasteiger partial charge < -0.3 is 28.6 Å². The van der Waals surface area contributed by atoms with Crippen LogP contribution in [-0.2, 0) is 25.5 Å². The van der Waals surface area contributed by atoms with E-state index in [4.69, 9.17) is 33.8 Å². The van der Waals surface area contributed by atoms with Gasteiger partial charge in [-0.05, 0) is 100 Å². The van der Waals surface area contributed by atoms with E-state index < -0.39 is 46.3 Å². The van der Waals surface area contributed by atoms with Crippen molar-refractivity contribution in [2.75, 3.05) is 53.5 Å². The summed E-state index contributed by atoms with van der Waals surface area (Å²) in [5.74, 6) is 0.800. The monoisotopic (exact) mass is 834 g/mol. The molecule has 1 aromatic carbocycles. The van der Waals surface area contributed by atoms with Gasteiger partial charge in [0.25, 0.3) is 0 Å². The first-order chi connectivity index (χ1) is 29.0. The quantitative estimate of drug-likeness (QED) is 0.124. The number of aromatic nitrogens is 3. The number of carbonyl (C=O) groups excluding carboxylic acids is 2. The highest BCUT2D eigenvalue weighted by atomic mass is 16.6. The minimum absolute atomic E-state index is 0.0471. The van der Waals surface area contributed by atoms with Crippen molar-refractivity contribution in [1.82, 2.24) is 24.6 Å². The first-order valence-electron chi connectivity index (χ1n) is 22.1. The molecule has 61 heavy (non-hydrogen) atoms. The van der Waals surface area contributed by atoms with E-state index in [9.17, 15) is 4.79 Å². The van der Waals surface area contributed by atoms with Crippen LogP contribution in [0.3, 0.4) is 0 Å². The Labute approximate surface area is 359 Å². The average Bonchev–Trinajstić information content (AvgIpc) is 3.74. The molecule has 8 aliphatic rings. The summed E-state index contributed by atoms with van der Waals surface area (Å²) in [6.07, 6.45) is 15.0. The lowest BCUT2D eigenvalue weighted by molar-refractivity contribution is -0.207. The van der Waals surface area contributed by atoms with Crippen LogP contribution in [0, 0.1) is 17.8 Å². The van der Waals surface area contributed by atoms with Crippen LogP contribution in [0.5, 0.6) is 17.2 Å². The number of methoxy groups -OCH3 is 1. The second kappa shape index (κ2) is 15.0. The fraction of sp³-hybridized carbons (Fsp3) is 0.604. The number of allylic oxidation sites excluding steroid dienone is 4. The molecule has 4 bridgehead atoms. The molecule has 1 spiro atoms. The minimum atomic E-state index is -1.46. The standard InChI is InChI=1S/C48H62N6O7/c1-28(2)12-11-17-46(8)18-16-32-39(59-46)31(14-13-29(3)4)41-35(40(32)58-25-24-53-22-20-52(9)21-23-53)37-36-38(54-44(51-37)49-27-50-54)33-26-34-45(6,7)61-47(42(33)55,48(34,36)60-41)19-15-30(5)43(56)57-10/h12-13,15-16,18,27,33-34,36,38H,11,14,17,19-26H2,1-10H3. The number of fused-ring (bicyclic) bond motifs is 4. The van der Waals surface area contributed by atoms with Crippen molar-refractivity contribution < 1.29 is 33.3 Å². The lowest BCUT2D eigenvalue weighted by atomic mass is 9.44. The Morgan fingerprint density at radius 2 is 1.75 bits per heavy atom. The lowest BCUT2D eigenvalue weighted by Gasteiger charge is -2.64. The Hall–Kier alpha value is -4.59. The molecule has 10 rings (SSSR count). The van der Waals surface area contributed by atoms with Crippen LogP contribution in [0.25, 0.3) is 6.08 Å². The first kappa shape index (κ1) is 41.7. The molecule has 0 N–H and O–H groups in total. The maximum absolute atomic E-state index is 15.5. The molecule has 3 aliphatic carbocycles. The number of nitrogens with zero attached hydrogens (tertiary/aromatic N) is 6. The Bertz CT molecular complexity index is 2310.